The summed E-state index contributed by atoms with van der Waals surface area (Å²) >= 11 is 0. The van der Waals surface area contributed by atoms with E-state index in [4.69, 9.17) is 0 Å². The Morgan fingerprint density at radius 3 is 2.78 bits per heavy atom. The standard InChI is InChI=1S/C15H24N2O/c1-11-8-14(17(2)16-11)10-15(18)7-3-4-13(9-15)12-5-6-12/h8,12-13,18H,3-7,9-10H2,1-2H3. The van der Waals surface area contributed by atoms with Gasteiger partial charge in [0.1, 0.15) is 0 Å². The molecule has 2 atom stereocenters. The Morgan fingerprint density at radius 2 is 2.17 bits per heavy atom. The van der Waals surface area contributed by atoms with Crippen molar-refractivity contribution in [2.75, 3.05) is 0 Å². The number of rotatable bonds is 3. The zero-order chi connectivity index (χ0) is 12.8. The van der Waals surface area contributed by atoms with E-state index in [0.29, 0.717) is 0 Å². The van der Waals surface area contributed by atoms with Crippen LogP contribution in [0, 0.1) is 18.8 Å². The minimum Gasteiger partial charge on any atom is -0.389 e. The molecule has 1 aromatic rings. The average Bonchev–Trinajstić information content (AvgIpc) is 3.07. The molecule has 0 spiro atoms. The van der Waals surface area contributed by atoms with Gasteiger partial charge < -0.3 is 5.11 Å². The summed E-state index contributed by atoms with van der Waals surface area (Å²) < 4.78 is 1.92. The summed E-state index contributed by atoms with van der Waals surface area (Å²) in [5.74, 6) is 1.70. The van der Waals surface area contributed by atoms with Gasteiger partial charge in [0.2, 0.25) is 0 Å². The number of hydrogen-bond acceptors (Lipinski definition) is 2. The van der Waals surface area contributed by atoms with Crippen molar-refractivity contribution in [2.24, 2.45) is 18.9 Å². The first kappa shape index (κ1) is 12.2. The molecule has 0 saturated heterocycles. The number of nitrogens with zero attached hydrogens (tertiary/aromatic N) is 2. The molecule has 2 aliphatic rings. The van der Waals surface area contributed by atoms with Crippen molar-refractivity contribution >= 4 is 0 Å². The molecule has 3 nitrogen and oxygen atoms in total. The maximum atomic E-state index is 10.9. The van der Waals surface area contributed by atoms with Gasteiger partial charge in [-0.15, -0.1) is 0 Å². The fourth-order valence-electron chi connectivity index (χ4n) is 3.68. The lowest BCUT2D eigenvalue weighted by Crippen LogP contribution is -2.38. The predicted octanol–water partition coefficient (Wildman–Crippen LogP) is 2.60. The minimum absolute atomic E-state index is 0.480. The van der Waals surface area contributed by atoms with E-state index >= 15 is 0 Å². The van der Waals surface area contributed by atoms with Crippen molar-refractivity contribution in [1.82, 2.24) is 9.78 Å². The third-order valence-corrected chi connectivity index (χ3v) is 4.76. The summed E-state index contributed by atoms with van der Waals surface area (Å²) in [4.78, 5) is 0. The van der Waals surface area contributed by atoms with Gasteiger partial charge in [-0.25, -0.2) is 0 Å². The summed E-state index contributed by atoms with van der Waals surface area (Å²) in [7, 11) is 1.98. The van der Waals surface area contributed by atoms with Gasteiger partial charge in [0.05, 0.1) is 11.3 Å². The largest absolute Gasteiger partial charge is 0.389 e. The van der Waals surface area contributed by atoms with Gasteiger partial charge in [0.15, 0.2) is 0 Å². The quantitative estimate of drug-likeness (QED) is 0.893. The van der Waals surface area contributed by atoms with Crippen LogP contribution in [0.2, 0.25) is 0 Å². The molecule has 2 saturated carbocycles. The highest BCUT2D eigenvalue weighted by Crippen LogP contribution is 2.47. The van der Waals surface area contributed by atoms with Gasteiger partial charge in [0.25, 0.3) is 0 Å². The van der Waals surface area contributed by atoms with Crippen LogP contribution in [0.15, 0.2) is 6.07 Å². The zero-order valence-electron chi connectivity index (χ0n) is 11.5. The molecule has 2 unspecified atom stereocenters. The van der Waals surface area contributed by atoms with E-state index in [0.717, 1.165) is 36.8 Å². The molecule has 3 heteroatoms. The van der Waals surface area contributed by atoms with Crippen molar-refractivity contribution in [3.63, 3.8) is 0 Å². The number of hydrogen-bond donors (Lipinski definition) is 1. The monoisotopic (exact) mass is 248 g/mol. The summed E-state index contributed by atoms with van der Waals surface area (Å²) in [6.45, 7) is 2.02. The lowest BCUT2D eigenvalue weighted by Gasteiger charge is -2.37. The maximum Gasteiger partial charge on any atom is 0.0705 e. The molecule has 0 amide bonds. The molecule has 0 radical (unpaired) electrons. The van der Waals surface area contributed by atoms with Gasteiger partial charge in [-0.3, -0.25) is 4.68 Å². The summed E-state index contributed by atoms with van der Waals surface area (Å²) in [6, 6.07) is 2.11. The molecule has 2 fully saturated rings. The molecular formula is C15H24N2O. The van der Waals surface area contributed by atoms with Crippen LogP contribution in [0.25, 0.3) is 0 Å². The molecular weight excluding hydrogens is 224 g/mol. The van der Waals surface area contributed by atoms with E-state index < -0.39 is 5.60 Å². The van der Waals surface area contributed by atoms with Gasteiger partial charge in [-0.2, -0.15) is 5.10 Å². The highest BCUT2D eigenvalue weighted by atomic mass is 16.3. The van der Waals surface area contributed by atoms with E-state index in [1.54, 1.807) is 0 Å². The molecule has 1 aromatic heterocycles. The first-order valence-corrected chi connectivity index (χ1v) is 7.28. The molecule has 1 heterocycles. The number of aliphatic hydroxyl groups is 1. The summed E-state index contributed by atoms with van der Waals surface area (Å²) in [5.41, 5.74) is 1.74. The van der Waals surface area contributed by atoms with Gasteiger partial charge >= 0.3 is 0 Å². The van der Waals surface area contributed by atoms with Crippen LogP contribution in [0.1, 0.15) is 49.9 Å². The first-order valence-electron chi connectivity index (χ1n) is 7.28. The molecule has 2 aliphatic carbocycles. The van der Waals surface area contributed by atoms with E-state index in [-0.39, 0.29) is 0 Å². The second-order valence-corrected chi connectivity index (χ2v) is 6.50. The third-order valence-electron chi connectivity index (χ3n) is 4.76. The fourth-order valence-corrected chi connectivity index (χ4v) is 3.68. The Morgan fingerprint density at radius 1 is 1.39 bits per heavy atom. The van der Waals surface area contributed by atoms with Gasteiger partial charge in [-0.1, -0.05) is 6.42 Å². The highest BCUT2D eigenvalue weighted by molar-refractivity contribution is 5.12. The van der Waals surface area contributed by atoms with Crippen LogP contribution >= 0.6 is 0 Å². The number of aromatic nitrogens is 2. The zero-order valence-corrected chi connectivity index (χ0v) is 11.5. The molecule has 0 aliphatic heterocycles. The van der Waals surface area contributed by atoms with Gasteiger partial charge in [0, 0.05) is 19.2 Å². The fraction of sp³-hybridized carbons (Fsp3) is 0.800. The highest BCUT2D eigenvalue weighted by Gasteiger charge is 2.41. The Kier molecular flexibility index (Phi) is 2.97. The normalized spacial score (nSPS) is 32.7. The molecule has 1 N–H and O–H groups in total. The van der Waals surface area contributed by atoms with E-state index in [2.05, 4.69) is 11.2 Å². The van der Waals surface area contributed by atoms with Crippen LogP contribution in [0.5, 0.6) is 0 Å². The predicted molar refractivity (Wildman–Crippen MR) is 71.3 cm³/mol. The topological polar surface area (TPSA) is 38.0 Å². The van der Waals surface area contributed by atoms with Gasteiger partial charge in [-0.05, 0) is 56.9 Å². The Bertz CT molecular complexity index is 436. The van der Waals surface area contributed by atoms with E-state index in [1.807, 2.05) is 18.7 Å². The van der Waals surface area contributed by atoms with Crippen molar-refractivity contribution in [3.8, 4) is 0 Å². The average molecular weight is 248 g/mol. The molecule has 0 aromatic carbocycles. The van der Waals surface area contributed by atoms with Crippen LogP contribution in [-0.2, 0) is 13.5 Å². The molecule has 100 valence electrons. The van der Waals surface area contributed by atoms with Crippen LogP contribution in [0.4, 0.5) is 0 Å². The van der Waals surface area contributed by atoms with Crippen LogP contribution in [0.3, 0.4) is 0 Å². The molecule has 18 heavy (non-hydrogen) atoms. The van der Waals surface area contributed by atoms with Crippen molar-refractivity contribution in [1.29, 1.82) is 0 Å². The maximum absolute atomic E-state index is 10.9. The van der Waals surface area contributed by atoms with Crippen molar-refractivity contribution in [2.45, 2.75) is 57.5 Å². The number of aryl methyl sites for hydroxylation is 2. The minimum atomic E-state index is -0.480. The van der Waals surface area contributed by atoms with Crippen LogP contribution < -0.4 is 0 Å². The molecule has 3 rings (SSSR count). The third kappa shape index (κ3) is 2.46. The second kappa shape index (κ2) is 4.37. The first-order chi connectivity index (χ1) is 8.56. The lowest BCUT2D eigenvalue weighted by atomic mass is 9.74. The van der Waals surface area contributed by atoms with Crippen LogP contribution in [-0.4, -0.2) is 20.5 Å². The summed E-state index contributed by atoms with van der Waals surface area (Å²) in [5, 5.41) is 15.2. The Balaban J connectivity index is 1.71. The van der Waals surface area contributed by atoms with Crippen molar-refractivity contribution in [3.05, 3.63) is 17.5 Å². The summed E-state index contributed by atoms with van der Waals surface area (Å²) in [6.07, 6.45) is 8.04. The van der Waals surface area contributed by atoms with E-state index in [1.165, 1.54) is 31.4 Å². The Labute approximate surface area is 109 Å². The van der Waals surface area contributed by atoms with Crippen molar-refractivity contribution < 1.29 is 5.11 Å². The molecule has 0 bridgehead atoms. The lowest BCUT2D eigenvalue weighted by molar-refractivity contribution is -0.0209. The SMILES string of the molecule is Cc1cc(CC2(O)CCCC(C3CC3)C2)n(C)n1. The Hall–Kier alpha value is -0.830. The smallest absolute Gasteiger partial charge is 0.0705 e. The van der Waals surface area contributed by atoms with E-state index in [9.17, 15) is 5.11 Å². The second-order valence-electron chi connectivity index (χ2n) is 6.50.